The number of likely N-dealkylation sites (N-methyl/N-ethyl adjacent to an activating group) is 1. The Hall–Kier alpha value is -1.46. The van der Waals surface area contributed by atoms with Crippen LogP contribution in [0.3, 0.4) is 0 Å². The summed E-state index contributed by atoms with van der Waals surface area (Å²) in [5.41, 5.74) is 0. The van der Waals surface area contributed by atoms with E-state index in [1.165, 1.54) is 9.70 Å². The minimum atomic E-state index is -0.0765. The summed E-state index contributed by atoms with van der Waals surface area (Å²) < 4.78 is 0. The van der Waals surface area contributed by atoms with Crippen molar-refractivity contribution in [2.45, 2.75) is 6.54 Å². The molecule has 0 fully saturated rings. The molecule has 1 aromatic heterocycles. The summed E-state index contributed by atoms with van der Waals surface area (Å²) in [5, 5.41) is 10.9. The lowest BCUT2D eigenvalue weighted by molar-refractivity contribution is -0.129. The molecule has 0 atom stereocenters. The standard InChI is InChI=1S/C6H10N5O/c1-5-7-9-11(8-5)4-6(12)10(2)3/h1,4H2,2-3H3. The Kier molecular flexibility index (Phi) is 2.37. The number of nitrogens with zero attached hydrogens (tertiary/aromatic N) is 5. The van der Waals surface area contributed by atoms with Crippen LogP contribution in [0, 0.1) is 6.92 Å². The predicted molar refractivity (Wildman–Crippen MR) is 41.0 cm³/mol. The van der Waals surface area contributed by atoms with Gasteiger partial charge in [0.15, 0.2) is 5.82 Å². The van der Waals surface area contributed by atoms with Crippen LogP contribution < -0.4 is 0 Å². The van der Waals surface area contributed by atoms with Gasteiger partial charge in [0.2, 0.25) is 5.91 Å². The molecule has 1 radical (unpaired) electrons. The second-order valence-electron chi connectivity index (χ2n) is 2.52. The molecule has 6 heteroatoms. The Morgan fingerprint density at radius 2 is 2.33 bits per heavy atom. The van der Waals surface area contributed by atoms with Crippen molar-refractivity contribution >= 4 is 5.91 Å². The zero-order valence-corrected chi connectivity index (χ0v) is 7.06. The smallest absolute Gasteiger partial charge is 0.245 e. The number of hydrogen-bond acceptors (Lipinski definition) is 4. The van der Waals surface area contributed by atoms with Crippen LogP contribution in [-0.4, -0.2) is 45.1 Å². The van der Waals surface area contributed by atoms with Crippen molar-refractivity contribution in [3.8, 4) is 0 Å². The summed E-state index contributed by atoms with van der Waals surface area (Å²) in [6.07, 6.45) is 0. The Labute approximate surface area is 70.2 Å². The largest absolute Gasteiger partial charge is 0.347 e. The Balaban J connectivity index is 2.58. The van der Waals surface area contributed by atoms with E-state index in [4.69, 9.17) is 0 Å². The van der Waals surface area contributed by atoms with Gasteiger partial charge in [-0.1, -0.05) is 0 Å². The predicted octanol–water partition coefficient (Wildman–Crippen LogP) is -1.06. The van der Waals surface area contributed by atoms with Crippen molar-refractivity contribution in [1.29, 1.82) is 0 Å². The molecule has 0 bridgehead atoms. The van der Waals surface area contributed by atoms with Crippen molar-refractivity contribution in [2.24, 2.45) is 0 Å². The third-order valence-corrected chi connectivity index (χ3v) is 1.27. The molecule has 0 unspecified atom stereocenters. The molecule has 65 valence electrons. The first-order chi connectivity index (χ1) is 5.59. The highest BCUT2D eigenvalue weighted by Crippen LogP contribution is 1.85. The van der Waals surface area contributed by atoms with Crippen LogP contribution >= 0.6 is 0 Å². The molecule has 1 rings (SSSR count). The molecule has 0 aliphatic carbocycles. The number of carbonyl (C=O) groups excluding carboxylic acids is 1. The van der Waals surface area contributed by atoms with Crippen LogP contribution in [0.15, 0.2) is 0 Å². The van der Waals surface area contributed by atoms with Gasteiger partial charge in [0.1, 0.15) is 6.54 Å². The lowest BCUT2D eigenvalue weighted by Crippen LogP contribution is -2.27. The summed E-state index contributed by atoms with van der Waals surface area (Å²) in [7, 11) is 3.34. The van der Waals surface area contributed by atoms with Gasteiger partial charge in [-0.25, -0.2) is 0 Å². The highest BCUT2D eigenvalue weighted by Gasteiger charge is 2.06. The molecule has 1 amide bonds. The maximum Gasteiger partial charge on any atom is 0.245 e. The Bertz CT molecular complexity index is 279. The Morgan fingerprint density at radius 3 is 2.75 bits per heavy atom. The van der Waals surface area contributed by atoms with E-state index in [0.717, 1.165) is 0 Å². The van der Waals surface area contributed by atoms with Crippen LogP contribution in [0.5, 0.6) is 0 Å². The van der Waals surface area contributed by atoms with Crippen molar-refractivity contribution < 1.29 is 4.79 Å². The van der Waals surface area contributed by atoms with E-state index < -0.39 is 0 Å². The second-order valence-corrected chi connectivity index (χ2v) is 2.52. The molecular weight excluding hydrogens is 158 g/mol. The van der Waals surface area contributed by atoms with E-state index in [9.17, 15) is 4.79 Å². The SMILES string of the molecule is [CH2]c1nnn(CC(=O)N(C)C)n1. The first-order valence-corrected chi connectivity index (χ1v) is 3.39. The van der Waals surface area contributed by atoms with Crippen molar-refractivity contribution in [3.63, 3.8) is 0 Å². The fraction of sp³-hybridized carbons (Fsp3) is 0.500. The van der Waals surface area contributed by atoms with E-state index in [2.05, 4.69) is 22.3 Å². The molecule has 0 aliphatic heterocycles. The molecule has 0 N–H and O–H groups in total. The van der Waals surface area contributed by atoms with Gasteiger partial charge in [-0.05, 0) is 5.21 Å². The molecule has 0 aliphatic rings. The maximum atomic E-state index is 11.1. The number of rotatable bonds is 2. The number of tetrazole rings is 1. The number of aromatic nitrogens is 4. The maximum absolute atomic E-state index is 11.1. The van der Waals surface area contributed by atoms with Crippen LogP contribution in [-0.2, 0) is 11.3 Å². The van der Waals surface area contributed by atoms with Crippen molar-refractivity contribution in [1.82, 2.24) is 25.1 Å². The average molecular weight is 168 g/mol. The number of carbonyl (C=O) groups is 1. The van der Waals surface area contributed by atoms with Gasteiger partial charge in [-0.3, -0.25) is 4.79 Å². The van der Waals surface area contributed by atoms with Gasteiger partial charge in [0.25, 0.3) is 0 Å². The minimum absolute atomic E-state index is 0.0765. The van der Waals surface area contributed by atoms with E-state index in [-0.39, 0.29) is 12.5 Å². The molecule has 6 nitrogen and oxygen atoms in total. The summed E-state index contributed by atoms with van der Waals surface area (Å²) in [6, 6.07) is 0. The van der Waals surface area contributed by atoms with E-state index in [1.807, 2.05) is 0 Å². The topological polar surface area (TPSA) is 63.9 Å². The monoisotopic (exact) mass is 168 g/mol. The van der Waals surface area contributed by atoms with Gasteiger partial charge in [-0.15, -0.1) is 10.2 Å². The number of amides is 1. The molecule has 12 heavy (non-hydrogen) atoms. The molecule has 0 aromatic carbocycles. The van der Waals surface area contributed by atoms with E-state index >= 15 is 0 Å². The summed E-state index contributed by atoms with van der Waals surface area (Å²) in [6.45, 7) is 3.57. The van der Waals surface area contributed by atoms with Gasteiger partial charge in [0.05, 0.1) is 0 Å². The number of hydrogen-bond donors (Lipinski definition) is 0. The zero-order chi connectivity index (χ0) is 9.14. The molecule has 0 saturated carbocycles. The lowest BCUT2D eigenvalue weighted by atomic mass is 10.6. The normalized spacial score (nSPS) is 9.92. The lowest BCUT2D eigenvalue weighted by Gasteiger charge is -2.07. The second kappa shape index (κ2) is 3.29. The summed E-state index contributed by atoms with van der Waals surface area (Å²) in [5.74, 6) is 0.244. The molecule has 0 spiro atoms. The van der Waals surface area contributed by atoms with Gasteiger partial charge in [0, 0.05) is 21.0 Å². The third kappa shape index (κ3) is 2.01. The van der Waals surface area contributed by atoms with E-state index in [1.54, 1.807) is 14.1 Å². The van der Waals surface area contributed by atoms with Crippen LogP contribution in [0.4, 0.5) is 0 Å². The first kappa shape index (κ1) is 8.63. The highest BCUT2D eigenvalue weighted by molar-refractivity contribution is 5.75. The fourth-order valence-corrected chi connectivity index (χ4v) is 0.606. The Morgan fingerprint density at radius 1 is 1.67 bits per heavy atom. The van der Waals surface area contributed by atoms with Crippen molar-refractivity contribution in [2.75, 3.05) is 14.1 Å². The molecular formula is C6H10N5O. The minimum Gasteiger partial charge on any atom is -0.347 e. The van der Waals surface area contributed by atoms with Crippen LogP contribution in [0.1, 0.15) is 5.82 Å². The molecule has 1 aromatic rings. The van der Waals surface area contributed by atoms with E-state index in [0.29, 0.717) is 5.82 Å². The van der Waals surface area contributed by atoms with Crippen molar-refractivity contribution in [3.05, 3.63) is 12.7 Å². The third-order valence-electron chi connectivity index (χ3n) is 1.27. The quantitative estimate of drug-likeness (QED) is 0.565. The van der Waals surface area contributed by atoms with Gasteiger partial charge >= 0.3 is 0 Å². The first-order valence-electron chi connectivity index (χ1n) is 3.39. The summed E-state index contributed by atoms with van der Waals surface area (Å²) in [4.78, 5) is 13.8. The molecule has 1 heterocycles. The zero-order valence-electron chi connectivity index (χ0n) is 7.06. The highest BCUT2D eigenvalue weighted by atomic mass is 16.2. The summed E-state index contributed by atoms with van der Waals surface area (Å²) >= 11 is 0. The average Bonchev–Trinajstić information content (AvgIpc) is 2.35. The van der Waals surface area contributed by atoms with Gasteiger partial charge in [-0.2, -0.15) is 4.80 Å². The van der Waals surface area contributed by atoms with Gasteiger partial charge < -0.3 is 4.90 Å². The van der Waals surface area contributed by atoms with Crippen LogP contribution in [0.25, 0.3) is 0 Å². The fourth-order valence-electron chi connectivity index (χ4n) is 0.606. The van der Waals surface area contributed by atoms with Crippen LogP contribution in [0.2, 0.25) is 0 Å². The molecule has 0 saturated heterocycles.